The van der Waals surface area contributed by atoms with Crippen LogP contribution in [0.4, 0.5) is 0 Å². The van der Waals surface area contributed by atoms with Crippen molar-refractivity contribution in [1.29, 1.82) is 0 Å². The molecular formula is C19H24N2O. The van der Waals surface area contributed by atoms with Gasteiger partial charge in [0, 0.05) is 11.8 Å². The van der Waals surface area contributed by atoms with Gasteiger partial charge in [-0.15, -0.1) is 0 Å². The molecule has 0 fully saturated rings. The summed E-state index contributed by atoms with van der Waals surface area (Å²) in [5, 5.41) is 9.76. The summed E-state index contributed by atoms with van der Waals surface area (Å²) in [5.74, 6) is 0.264. The van der Waals surface area contributed by atoms with Crippen molar-refractivity contribution < 1.29 is 5.11 Å². The molecule has 0 unspecified atom stereocenters. The minimum atomic E-state index is 0.230. The van der Waals surface area contributed by atoms with Crippen molar-refractivity contribution in [2.24, 2.45) is 4.99 Å². The van der Waals surface area contributed by atoms with Crippen molar-refractivity contribution >= 4 is 6.21 Å². The van der Waals surface area contributed by atoms with E-state index in [0.717, 1.165) is 12.0 Å². The highest BCUT2D eigenvalue weighted by molar-refractivity contribution is 5.83. The summed E-state index contributed by atoms with van der Waals surface area (Å²) in [7, 11) is 4.13. The maximum Gasteiger partial charge on any atom is 0.124 e. The highest BCUT2D eigenvalue weighted by Gasteiger charge is 2.13. The molecular weight excluding hydrogens is 272 g/mol. The Balaban J connectivity index is 2.10. The van der Waals surface area contributed by atoms with Crippen LogP contribution in [-0.4, -0.2) is 36.9 Å². The van der Waals surface area contributed by atoms with E-state index < -0.39 is 0 Å². The molecule has 3 heteroatoms. The molecule has 3 nitrogen and oxygen atoms in total. The predicted molar refractivity (Wildman–Crippen MR) is 92.8 cm³/mol. The number of phenols is 1. The first-order valence-corrected chi connectivity index (χ1v) is 7.65. The van der Waals surface area contributed by atoms with E-state index in [2.05, 4.69) is 55.2 Å². The first-order chi connectivity index (χ1) is 10.6. The Bertz CT molecular complexity index is 618. The summed E-state index contributed by atoms with van der Waals surface area (Å²) in [6.45, 7) is 2.82. The van der Waals surface area contributed by atoms with E-state index in [0.29, 0.717) is 6.54 Å². The second-order valence-corrected chi connectivity index (χ2v) is 5.63. The van der Waals surface area contributed by atoms with Crippen molar-refractivity contribution in [3.63, 3.8) is 0 Å². The Morgan fingerprint density at radius 3 is 2.36 bits per heavy atom. The summed E-state index contributed by atoms with van der Waals surface area (Å²) >= 11 is 0. The zero-order chi connectivity index (χ0) is 15.9. The molecule has 0 aliphatic rings. The molecule has 22 heavy (non-hydrogen) atoms. The molecule has 0 heterocycles. The fourth-order valence-electron chi connectivity index (χ4n) is 2.39. The lowest BCUT2D eigenvalue weighted by Crippen LogP contribution is -2.22. The third-order valence-electron chi connectivity index (χ3n) is 3.84. The number of hydrogen-bond donors (Lipinski definition) is 1. The van der Waals surface area contributed by atoms with E-state index in [1.807, 2.05) is 18.2 Å². The molecule has 116 valence electrons. The molecule has 0 aromatic heterocycles. The topological polar surface area (TPSA) is 35.8 Å². The van der Waals surface area contributed by atoms with Gasteiger partial charge in [-0.25, -0.2) is 0 Å². The fraction of sp³-hybridized carbons (Fsp3) is 0.316. The van der Waals surface area contributed by atoms with Crippen LogP contribution in [0.3, 0.4) is 0 Å². The van der Waals surface area contributed by atoms with Gasteiger partial charge in [-0.3, -0.25) is 4.99 Å². The van der Waals surface area contributed by atoms with Crippen LogP contribution in [0.1, 0.15) is 29.7 Å². The van der Waals surface area contributed by atoms with Gasteiger partial charge >= 0.3 is 0 Å². The molecule has 0 aliphatic carbocycles. The quantitative estimate of drug-likeness (QED) is 0.825. The van der Waals surface area contributed by atoms with Gasteiger partial charge in [-0.2, -0.15) is 0 Å². The Morgan fingerprint density at radius 2 is 1.77 bits per heavy atom. The first-order valence-electron chi connectivity index (χ1n) is 7.65. The van der Waals surface area contributed by atoms with Crippen LogP contribution in [0, 0.1) is 0 Å². The number of phenolic OH excluding ortho intramolecular Hbond substituents is 1. The predicted octanol–water partition coefficient (Wildman–Crippen LogP) is 3.68. The number of aliphatic imine (C=N–C) groups is 1. The van der Waals surface area contributed by atoms with Gasteiger partial charge in [0.1, 0.15) is 5.75 Å². The lowest BCUT2D eigenvalue weighted by atomic mass is 10.0. The van der Waals surface area contributed by atoms with E-state index in [-0.39, 0.29) is 11.8 Å². The van der Waals surface area contributed by atoms with E-state index in [1.54, 1.807) is 12.3 Å². The van der Waals surface area contributed by atoms with Crippen molar-refractivity contribution in [3.05, 3.63) is 65.2 Å². The van der Waals surface area contributed by atoms with Crippen molar-refractivity contribution in [3.8, 4) is 5.75 Å². The van der Waals surface area contributed by atoms with E-state index in [1.165, 1.54) is 11.1 Å². The third-order valence-corrected chi connectivity index (χ3v) is 3.84. The fourth-order valence-corrected chi connectivity index (χ4v) is 2.39. The summed E-state index contributed by atoms with van der Waals surface area (Å²) in [4.78, 5) is 6.69. The summed E-state index contributed by atoms with van der Waals surface area (Å²) < 4.78 is 0. The van der Waals surface area contributed by atoms with Crippen LogP contribution in [0.15, 0.2) is 53.5 Å². The highest BCUT2D eigenvalue weighted by atomic mass is 16.3. The van der Waals surface area contributed by atoms with Gasteiger partial charge < -0.3 is 10.0 Å². The van der Waals surface area contributed by atoms with Gasteiger partial charge in [0.05, 0.1) is 12.6 Å². The van der Waals surface area contributed by atoms with Crippen LogP contribution in [0.2, 0.25) is 0 Å². The molecule has 0 aliphatic heterocycles. The lowest BCUT2D eigenvalue weighted by molar-refractivity contribution is 0.307. The molecule has 0 saturated heterocycles. The number of hydrogen-bond acceptors (Lipinski definition) is 3. The maximum atomic E-state index is 9.76. The zero-order valence-corrected chi connectivity index (χ0v) is 13.5. The number of rotatable bonds is 6. The normalized spacial score (nSPS) is 12.9. The van der Waals surface area contributed by atoms with Gasteiger partial charge in [-0.1, -0.05) is 43.3 Å². The maximum absolute atomic E-state index is 9.76. The molecule has 2 aromatic rings. The van der Waals surface area contributed by atoms with Crippen LogP contribution >= 0.6 is 0 Å². The smallest absolute Gasteiger partial charge is 0.124 e. The van der Waals surface area contributed by atoms with Crippen LogP contribution in [0.5, 0.6) is 5.75 Å². The zero-order valence-electron chi connectivity index (χ0n) is 13.5. The van der Waals surface area contributed by atoms with Gasteiger partial charge in [0.25, 0.3) is 0 Å². The lowest BCUT2D eigenvalue weighted by Gasteiger charge is -2.23. The summed E-state index contributed by atoms with van der Waals surface area (Å²) in [6, 6.07) is 16.2. The second kappa shape index (κ2) is 7.76. The first kappa shape index (κ1) is 16.2. The average Bonchev–Trinajstić information content (AvgIpc) is 2.53. The van der Waals surface area contributed by atoms with Gasteiger partial charge in [-0.05, 0) is 43.8 Å². The van der Waals surface area contributed by atoms with E-state index in [4.69, 9.17) is 0 Å². The Kier molecular flexibility index (Phi) is 5.73. The van der Waals surface area contributed by atoms with Crippen LogP contribution in [-0.2, 0) is 6.42 Å². The van der Waals surface area contributed by atoms with Crippen LogP contribution < -0.4 is 0 Å². The van der Waals surface area contributed by atoms with Gasteiger partial charge in [0.15, 0.2) is 0 Å². The molecule has 0 bridgehead atoms. The SMILES string of the molecule is CCc1ccc([C@@H](CN=Cc2ccccc2O)N(C)C)cc1. The molecule has 0 spiro atoms. The minimum absolute atomic E-state index is 0.230. The summed E-state index contributed by atoms with van der Waals surface area (Å²) in [6.07, 6.45) is 2.80. The Hall–Kier alpha value is -2.13. The number of benzene rings is 2. The standard InChI is InChI=1S/C19H24N2O/c1-4-15-9-11-16(12-10-15)18(21(2)3)14-20-13-17-7-5-6-8-19(17)22/h5-13,18,22H,4,14H2,1-3H3/t18-/m1/s1. The van der Waals surface area contributed by atoms with Gasteiger partial charge in [0.2, 0.25) is 0 Å². The van der Waals surface area contributed by atoms with Crippen molar-refractivity contribution in [2.45, 2.75) is 19.4 Å². The highest BCUT2D eigenvalue weighted by Crippen LogP contribution is 2.20. The molecule has 2 rings (SSSR count). The van der Waals surface area contributed by atoms with Crippen LogP contribution in [0.25, 0.3) is 0 Å². The van der Waals surface area contributed by atoms with Crippen molar-refractivity contribution in [2.75, 3.05) is 20.6 Å². The van der Waals surface area contributed by atoms with Crippen molar-refractivity contribution in [1.82, 2.24) is 4.90 Å². The number of aromatic hydroxyl groups is 1. The molecule has 1 atom stereocenters. The largest absolute Gasteiger partial charge is 0.507 e. The number of likely N-dealkylation sites (N-methyl/N-ethyl adjacent to an activating group) is 1. The Morgan fingerprint density at radius 1 is 1.09 bits per heavy atom. The number of para-hydroxylation sites is 1. The number of aryl methyl sites for hydroxylation is 1. The molecule has 1 N–H and O–H groups in total. The number of nitrogens with zero attached hydrogens (tertiary/aromatic N) is 2. The Labute approximate surface area is 132 Å². The monoisotopic (exact) mass is 296 g/mol. The van der Waals surface area contributed by atoms with E-state index >= 15 is 0 Å². The summed E-state index contributed by atoms with van der Waals surface area (Å²) in [5.41, 5.74) is 3.36. The minimum Gasteiger partial charge on any atom is -0.507 e. The molecule has 0 amide bonds. The second-order valence-electron chi connectivity index (χ2n) is 5.63. The van der Waals surface area contributed by atoms with E-state index in [9.17, 15) is 5.11 Å². The molecule has 0 saturated carbocycles. The molecule has 2 aromatic carbocycles. The molecule has 0 radical (unpaired) electrons. The average molecular weight is 296 g/mol. The third kappa shape index (κ3) is 4.18.